The van der Waals surface area contributed by atoms with Crippen molar-refractivity contribution in [1.82, 2.24) is 5.32 Å². The Balaban J connectivity index is 2.66. The zero-order chi connectivity index (χ0) is 14.5. The lowest BCUT2D eigenvalue weighted by molar-refractivity contribution is 0.200. The largest absolute Gasteiger partial charge is 0.489 e. The van der Waals surface area contributed by atoms with Crippen LogP contribution >= 0.6 is 0 Å². The van der Waals surface area contributed by atoms with Crippen LogP contribution < -0.4 is 10.1 Å². The van der Waals surface area contributed by atoms with E-state index in [-0.39, 0.29) is 11.6 Å². The maximum atomic E-state index is 6.10. The highest BCUT2D eigenvalue weighted by atomic mass is 16.5. The van der Waals surface area contributed by atoms with Gasteiger partial charge in [-0.25, -0.2) is 0 Å². The van der Waals surface area contributed by atoms with Crippen molar-refractivity contribution in [2.24, 2.45) is 0 Å². The van der Waals surface area contributed by atoms with Gasteiger partial charge in [-0.3, -0.25) is 0 Å². The summed E-state index contributed by atoms with van der Waals surface area (Å²) in [4.78, 5) is 0. The lowest BCUT2D eigenvalue weighted by Crippen LogP contribution is -2.41. The van der Waals surface area contributed by atoms with E-state index >= 15 is 0 Å². The minimum Gasteiger partial charge on any atom is -0.489 e. The van der Waals surface area contributed by atoms with Gasteiger partial charge in [0, 0.05) is 12.1 Å². The molecule has 0 fully saturated rings. The first-order valence-electron chi connectivity index (χ1n) is 7.34. The Labute approximate surface area is 118 Å². The Morgan fingerprint density at radius 1 is 1.16 bits per heavy atom. The van der Waals surface area contributed by atoms with Crippen LogP contribution in [0.4, 0.5) is 0 Å². The van der Waals surface area contributed by atoms with Gasteiger partial charge in [0.1, 0.15) is 11.9 Å². The highest BCUT2D eigenvalue weighted by molar-refractivity contribution is 5.36. The molecule has 2 nitrogen and oxygen atoms in total. The van der Waals surface area contributed by atoms with E-state index in [1.807, 2.05) is 6.07 Å². The quantitative estimate of drug-likeness (QED) is 0.823. The maximum Gasteiger partial charge on any atom is 0.123 e. The molecule has 0 aliphatic carbocycles. The van der Waals surface area contributed by atoms with Gasteiger partial charge in [-0.15, -0.1) is 0 Å². The van der Waals surface area contributed by atoms with Gasteiger partial charge >= 0.3 is 0 Å². The normalized spacial score (nSPS) is 15.1. The fourth-order valence-corrected chi connectivity index (χ4v) is 1.92. The molecule has 1 aromatic rings. The lowest BCUT2D eigenvalue weighted by atomic mass is 9.98. The third kappa shape index (κ3) is 5.65. The average Bonchev–Trinajstić information content (AvgIpc) is 2.35. The molecule has 0 amide bonds. The van der Waals surface area contributed by atoms with Crippen LogP contribution in [0, 0.1) is 0 Å². The van der Waals surface area contributed by atoms with E-state index < -0.39 is 0 Å². The summed E-state index contributed by atoms with van der Waals surface area (Å²) in [5, 5.41) is 3.48. The molecule has 2 heteroatoms. The highest BCUT2D eigenvalue weighted by Gasteiger charge is 2.14. The zero-order valence-corrected chi connectivity index (χ0v) is 13.3. The summed E-state index contributed by atoms with van der Waals surface area (Å²) in [6.07, 6.45) is 1.30. The molecule has 1 aromatic carbocycles. The van der Waals surface area contributed by atoms with Crippen LogP contribution in [0.1, 0.15) is 59.4 Å². The van der Waals surface area contributed by atoms with E-state index in [1.54, 1.807) is 0 Å². The average molecular weight is 263 g/mol. The summed E-state index contributed by atoms with van der Waals surface area (Å²) in [5.41, 5.74) is 1.45. The molecule has 0 aliphatic heterocycles. The number of hydrogen-bond donors (Lipinski definition) is 1. The number of benzene rings is 1. The smallest absolute Gasteiger partial charge is 0.123 e. The predicted octanol–water partition coefficient (Wildman–Crippen LogP) is 4.36. The van der Waals surface area contributed by atoms with Crippen molar-refractivity contribution < 1.29 is 4.74 Å². The van der Waals surface area contributed by atoms with Crippen LogP contribution in [0.15, 0.2) is 24.3 Å². The lowest BCUT2D eigenvalue weighted by Gasteiger charge is -2.25. The molecule has 2 unspecified atom stereocenters. The molecule has 0 radical (unpaired) electrons. The summed E-state index contributed by atoms with van der Waals surface area (Å²) in [6.45, 7) is 14.0. The molecular formula is C17H29NO. The van der Waals surface area contributed by atoms with Crippen molar-refractivity contribution in [3.8, 4) is 5.75 Å². The molecule has 0 heterocycles. The zero-order valence-electron chi connectivity index (χ0n) is 13.3. The summed E-state index contributed by atoms with van der Waals surface area (Å²) in [7, 11) is 0. The van der Waals surface area contributed by atoms with Gasteiger partial charge in [0.25, 0.3) is 0 Å². The van der Waals surface area contributed by atoms with Gasteiger partial charge < -0.3 is 10.1 Å². The minimum absolute atomic E-state index is 0.133. The summed E-state index contributed by atoms with van der Waals surface area (Å²) in [6, 6.07) is 8.39. The van der Waals surface area contributed by atoms with Crippen LogP contribution in [0.5, 0.6) is 5.75 Å². The van der Waals surface area contributed by atoms with Crippen molar-refractivity contribution in [2.75, 3.05) is 6.54 Å². The van der Waals surface area contributed by atoms with Gasteiger partial charge in [-0.2, -0.15) is 0 Å². The van der Waals surface area contributed by atoms with Crippen LogP contribution in [-0.4, -0.2) is 18.2 Å². The number of para-hydroxylation sites is 1. The first kappa shape index (κ1) is 16.0. The van der Waals surface area contributed by atoms with Crippen molar-refractivity contribution >= 4 is 0 Å². The Kier molecular flexibility index (Phi) is 5.86. The maximum absolute atomic E-state index is 6.10. The Morgan fingerprint density at radius 2 is 1.79 bits per heavy atom. The standard InChI is InChI=1S/C17H29NO/c1-7-13(2)15-10-8-9-11-16(15)19-14(3)12-18-17(4,5)6/h8-11,13-14,18H,7,12H2,1-6H3. The summed E-state index contributed by atoms with van der Waals surface area (Å²) < 4.78 is 6.10. The van der Waals surface area contributed by atoms with Gasteiger partial charge in [0.05, 0.1) is 0 Å². The Bertz CT molecular complexity index is 381. The van der Waals surface area contributed by atoms with Gasteiger partial charge in [-0.1, -0.05) is 32.0 Å². The molecule has 2 atom stereocenters. The number of hydrogen-bond acceptors (Lipinski definition) is 2. The highest BCUT2D eigenvalue weighted by Crippen LogP contribution is 2.29. The van der Waals surface area contributed by atoms with Crippen LogP contribution in [0.3, 0.4) is 0 Å². The molecule has 108 valence electrons. The fourth-order valence-electron chi connectivity index (χ4n) is 1.92. The van der Waals surface area contributed by atoms with E-state index in [2.05, 4.69) is 65.1 Å². The van der Waals surface area contributed by atoms with E-state index in [1.165, 1.54) is 5.56 Å². The second kappa shape index (κ2) is 6.95. The predicted molar refractivity (Wildman–Crippen MR) is 83.0 cm³/mol. The minimum atomic E-state index is 0.133. The topological polar surface area (TPSA) is 21.3 Å². The SMILES string of the molecule is CCC(C)c1ccccc1OC(C)CNC(C)(C)C. The molecule has 1 rings (SSSR count). The van der Waals surface area contributed by atoms with Crippen LogP contribution in [0.25, 0.3) is 0 Å². The molecular weight excluding hydrogens is 234 g/mol. The van der Waals surface area contributed by atoms with Crippen molar-refractivity contribution in [3.05, 3.63) is 29.8 Å². The third-order valence-electron chi connectivity index (χ3n) is 3.31. The Hall–Kier alpha value is -1.02. The van der Waals surface area contributed by atoms with E-state index in [0.29, 0.717) is 5.92 Å². The fraction of sp³-hybridized carbons (Fsp3) is 0.647. The molecule has 0 bridgehead atoms. The van der Waals surface area contributed by atoms with Crippen molar-refractivity contribution in [2.45, 2.75) is 65.5 Å². The molecule has 1 N–H and O–H groups in total. The number of nitrogens with one attached hydrogen (secondary N) is 1. The first-order chi connectivity index (χ1) is 8.83. The van der Waals surface area contributed by atoms with Gasteiger partial charge in [0.2, 0.25) is 0 Å². The molecule has 0 saturated carbocycles. The first-order valence-corrected chi connectivity index (χ1v) is 7.34. The van der Waals surface area contributed by atoms with Gasteiger partial charge in [0.15, 0.2) is 0 Å². The number of rotatable bonds is 6. The van der Waals surface area contributed by atoms with Crippen LogP contribution in [-0.2, 0) is 0 Å². The number of ether oxygens (including phenoxy) is 1. The molecule has 0 saturated heterocycles. The monoisotopic (exact) mass is 263 g/mol. The van der Waals surface area contributed by atoms with E-state index in [0.717, 1.165) is 18.7 Å². The van der Waals surface area contributed by atoms with Gasteiger partial charge in [-0.05, 0) is 51.7 Å². The second-order valence-electron chi connectivity index (χ2n) is 6.41. The Morgan fingerprint density at radius 3 is 2.37 bits per heavy atom. The van der Waals surface area contributed by atoms with Crippen molar-refractivity contribution in [3.63, 3.8) is 0 Å². The molecule has 0 spiro atoms. The van der Waals surface area contributed by atoms with Crippen molar-refractivity contribution in [1.29, 1.82) is 0 Å². The molecule has 0 aliphatic rings. The molecule has 19 heavy (non-hydrogen) atoms. The van der Waals surface area contributed by atoms with E-state index in [4.69, 9.17) is 4.74 Å². The summed E-state index contributed by atoms with van der Waals surface area (Å²) >= 11 is 0. The third-order valence-corrected chi connectivity index (χ3v) is 3.31. The van der Waals surface area contributed by atoms with Crippen LogP contribution in [0.2, 0.25) is 0 Å². The second-order valence-corrected chi connectivity index (χ2v) is 6.41. The summed E-state index contributed by atoms with van der Waals surface area (Å²) in [5.74, 6) is 1.57. The molecule has 0 aromatic heterocycles. The van der Waals surface area contributed by atoms with E-state index in [9.17, 15) is 0 Å².